The highest BCUT2D eigenvalue weighted by molar-refractivity contribution is 6.52. The van der Waals surface area contributed by atoms with Crippen molar-refractivity contribution in [2.75, 3.05) is 6.54 Å². The fraction of sp³-hybridized carbons (Fsp3) is 0.429. The predicted octanol–water partition coefficient (Wildman–Crippen LogP) is 1.76. The number of fused-ring (bicyclic) bond motifs is 1. The molecule has 0 atom stereocenters. The van der Waals surface area contributed by atoms with E-state index in [2.05, 4.69) is 9.98 Å². The first-order valence-electron chi connectivity index (χ1n) is 3.36. The van der Waals surface area contributed by atoms with E-state index in [1.165, 1.54) is 0 Å². The number of hydrogen-bond acceptors (Lipinski definition) is 2. The van der Waals surface area contributed by atoms with Crippen molar-refractivity contribution in [3.05, 3.63) is 11.2 Å². The summed E-state index contributed by atoms with van der Waals surface area (Å²) in [6, 6.07) is 0. The Morgan fingerprint density at radius 1 is 1.50 bits per heavy atom. The van der Waals surface area contributed by atoms with Crippen molar-refractivity contribution in [1.29, 1.82) is 0 Å². The third kappa shape index (κ3) is 0.886. The van der Waals surface area contributed by atoms with Gasteiger partial charge in [0.1, 0.15) is 5.16 Å². The van der Waals surface area contributed by atoms with Gasteiger partial charge in [-0.3, -0.25) is 4.99 Å². The van der Waals surface area contributed by atoms with Gasteiger partial charge in [0.15, 0.2) is 0 Å². The van der Waals surface area contributed by atoms with Crippen LogP contribution in [-0.4, -0.2) is 18.0 Å². The molecule has 0 aromatic rings. The lowest BCUT2D eigenvalue weighted by Crippen LogP contribution is -2.14. The van der Waals surface area contributed by atoms with Gasteiger partial charge in [0.2, 0.25) is 0 Å². The molecule has 2 aliphatic rings. The maximum absolute atomic E-state index is 5.68. The molecule has 0 aliphatic carbocycles. The lowest BCUT2D eigenvalue weighted by molar-refractivity contribution is 0.868. The molecular weight excluding hydrogens is 148 g/mol. The van der Waals surface area contributed by atoms with E-state index in [4.69, 9.17) is 11.6 Å². The summed E-state index contributed by atoms with van der Waals surface area (Å²) < 4.78 is 0. The smallest absolute Gasteiger partial charge is 0.131 e. The monoisotopic (exact) mass is 154 g/mol. The van der Waals surface area contributed by atoms with Crippen LogP contribution in [-0.2, 0) is 0 Å². The molecule has 2 nitrogen and oxygen atoms in total. The number of halogens is 1. The van der Waals surface area contributed by atoms with Crippen LogP contribution in [0, 0.1) is 0 Å². The van der Waals surface area contributed by atoms with Crippen LogP contribution >= 0.6 is 11.6 Å². The summed E-state index contributed by atoms with van der Waals surface area (Å²) in [5.74, 6) is 0. The van der Waals surface area contributed by atoms with Gasteiger partial charge in [0.25, 0.3) is 0 Å². The summed E-state index contributed by atoms with van der Waals surface area (Å²) >= 11 is 5.68. The van der Waals surface area contributed by atoms with Crippen LogP contribution in [0.1, 0.15) is 12.8 Å². The van der Waals surface area contributed by atoms with Gasteiger partial charge < -0.3 is 0 Å². The number of nitrogens with zero attached hydrogens (tertiary/aromatic N) is 2. The Bertz CT molecular complexity index is 250. The van der Waals surface area contributed by atoms with Crippen LogP contribution < -0.4 is 0 Å². The summed E-state index contributed by atoms with van der Waals surface area (Å²) in [6.07, 6.45) is 3.97. The molecule has 0 bridgehead atoms. The van der Waals surface area contributed by atoms with Gasteiger partial charge in [-0.15, -0.1) is 0 Å². The molecule has 0 aromatic heterocycles. The average molecular weight is 155 g/mol. The molecule has 0 aromatic carbocycles. The number of hydrogen-bond donors (Lipinski definition) is 0. The molecule has 2 aliphatic heterocycles. The molecular formula is C7H7ClN2. The van der Waals surface area contributed by atoms with Crippen LogP contribution in [0.15, 0.2) is 21.2 Å². The minimum Gasteiger partial charge on any atom is -0.283 e. The van der Waals surface area contributed by atoms with E-state index in [1.807, 2.05) is 6.08 Å². The highest BCUT2D eigenvalue weighted by Gasteiger charge is 2.16. The van der Waals surface area contributed by atoms with Gasteiger partial charge in [0.05, 0.1) is 11.4 Å². The molecule has 52 valence electrons. The van der Waals surface area contributed by atoms with Crippen LogP contribution in [0.3, 0.4) is 0 Å². The minimum absolute atomic E-state index is 0.579. The van der Waals surface area contributed by atoms with Gasteiger partial charge in [0, 0.05) is 12.6 Å². The van der Waals surface area contributed by atoms with E-state index in [0.717, 1.165) is 30.8 Å². The van der Waals surface area contributed by atoms with Crippen LogP contribution in [0.25, 0.3) is 0 Å². The molecule has 0 fully saturated rings. The lowest BCUT2D eigenvalue weighted by atomic mass is 10.1. The Kier molecular flexibility index (Phi) is 1.34. The summed E-state index contributed by atoms with van der Waals surface area (Å²) in [6.45, 7) is 0.926. The molecule has 0 saturated heterocycles. The van der Waals surface area contributed by atoms with E-state index in [-0.39, 0.29) is 0 Å². The van der Waals surface area contributed by atoms with Crippen LogP contribution in [0.5, 0.6) is 0 Å². The molecule has 0 saturated carbocycles. The van der Waals surface area contributed by atoms with Crippen molar-refractivity contribution in [3.63, 3.8) is 0 Å². The first kappa shape index (κ1) is 6.10. The number of rotatable bonds is 0. The maximum atomic E-state index is 5.68. The molecule has 0 N–H and O–H groups in total. The van der Waals surface area contributed by atoms with Crippen molar-refractivity contribution in [2.45, 2.75) is 12.8 Å². The Labute approximate surface area is 64.3 Å². The molecule has 2 heterocycles. The van der Waals surface area contributed by atoms with Crippen LogP contribution in [0.4, 0.5) is 0 Å². The van der Waals surface area contributed by atoms with E-state index >= 15 is 0 Å². The summed E-state index contributed by atoms with van der Waals surface area (Å²) in [7, 11) is 0. The fourth-order valence-corrected chi connectivity index (χ4v) is 1.39. The molecule has 0 spiro atoms. The lowest BCUT2D eigenvalue weighted by Gasteiger charge is -2.06. The zero-order chi connectivity index (χ0) is 6.97. The van der Waals surface area contributed by atoms with Crippen molar-refractivity contribution < 1.29 is 0 Å². The zero-order valence-electron chi connectivity index (χ0n) is 5.47. The van der Waals surface area contributed by atoms with Gasteiger partial charge >= 0.3 is 0 Å². The van der Waals surface area contributed by atoms with Gasteiger partial charge in [-0.1, -0.05) is 11.6 Å². The summed E-state index contributed by atoms with van der Waals surface area (Å²) in [4.78, 5) is 8.39. The van der Waals surface area contributed by atoms with E-state index in [0.29, 0.717) is 5.16 Å². The Hall–Kier alpha value is -0.630. The molecule has 3 heteroatoms. The van der Waals surface area contributed by atoms with Crippen molar-refractivity contribution >= 4 is 23.0 Å². The van der Waals surface area contributed by atoms with E-state index in [1.54, 1.807) is 0 Å². The molecule has 0 amide bonds. The van der Waals surface area contributed by atoms with Crippen molar-refractivity contribution in [2.24, 2.45) is 9.98 Å². The quantitative estimate of drug-likeness (QED) is 0.475. The van der Waals surface area contributed by atoms with Gasteiger partial charge in [-0.25, -0.2) is 4.99 Å². The van der Waals surface area contributed by atoms with E-state index in [9.17, 15) is 0 Å². The third-order valence-corrected chi connectivity index (χ3v) is 1.84. The standard InChI is InChI=1S/C7H7ClN2/c8-7-4-6-5(10-7)2-1-3-9-6/h4H,1-3H2. The second-order valence-corrected chi connectivity index (χ2v) is 2.78. The Morgan fingerprint density at radius 3 is 3.20 bits per heavy atom. The van der Waals surface area contributed by atoms with Gasteiger partial charge in [-0.05, 0) is 12.8 Å². The first-order valence-corrected chi connectivity index (χ1v) is 3.73. The normalized spacial score (nSPS) is 23.1. The molecule has 2 rings (SSSR count). The second-order valence-electron chi connectivity index (χ2n) is 2.40. The largest absolute Gasteiger partial charge is 0.283 e. The highest BCUT2D eigenvalue weighted by atomic mass is 35.5. The second kappa shape index (κ2) is 2.20. The SMILES string of the molecule is ClC1=CC2=NCCCC2=N1. The number of aliphatic imine (C=N–C) groups is 2. The zero-order valence-corrected chi connectivity index (χ0v) is 6.23. The highest BCUT2D eigenvalue weighted by Crippen LogP contribution is 2.17. The molecule has 0 radical (unpaired) electrons. The Morgan fingerprint density at radius 2 is 2.40 bits per heavy atom. The molecule has 0 unspecified atom stereocenters. The predicted molar refractivity (Wildman–Crippen MR) is 42.9 cm³/mol. The fourth-order valence-electron chi connectivity index (χ4n) is 1.18. The van der Waals surface area contributed by atoms with Gasteiger partial charge in [-0.2, -0.15) is 0 Å². The first-order chi connectivity index (χ1) is 4.86. The average Bonchev–Trinajstić information content (AvgIpc) is 2.27. The minimum atomic E-state index is 0.579. The van der Waals surface area contributed by atoms with E-state index < -0.39 is 0 Å². The van der Waals surface area contributed by atoms with Crippen LogP contribution in [0.2, 0.25) is 0 Å². The third-order valence-electron chi connectivity index (χ3n) is 1.65. The molecule has 10 heavy (non-hydrogen) atoms. The topological polar surface area (TPSA) is 24.7 Å². The van der Waals surface area contributed by atoms with Crippen molar-refractivity contribution in [3.8, 4) is 0 Å². The summed E-state index contributed by atoms with van der Waals surface area (Å²) in [5, 5.41) is 0.579. The number of allylic oxidation sites excluding steroid dienone is 1. The summed E-state index contributed by atoms with van der Waals surface area (Å²) in [5.41, 5.74) is 2.06. The Balaban J connectivity index is 2.39. The maximum Gasteiger partial charge on any atom is 0.131 e. The van der Waals surface area contributed by atoms with Crippen molar-refractivity contribution in [1.82, 2.24) is 0 Å².